The van der Waals surface area contributed by atoms with E-state index < -0.39 is 0 Å². The highest BCUT2D eigenvalue weighted by Gasteiger charge is 2.31. The summed E-state index contributed by atoms with van der Waals surface area (Å²) < 4.78 is 5.46. The molecule has 1 saturated heterocycles. The Labute approximate surface area is 124 Å². The fourth-order valence-corrected chi connectivity index (χ4v) is 2.80. The molecule has 0 bridgehead atoms. The summed E-state index contributed by atoms with van der Waals surface area (Å²) in [4.78, 5) is 14.3. The van der Waals surface area contributed by atoms with Crippen LogP contribution in [0.4, 0.5) is 10.5 Å². The number of hydrogen-bond acceptors (Lipinski definition) is 2. The van der Waals surface area contributed by atoms with Crippen molar-refractivity contribution >= 4 is 11.7 Å². The minimum Gasteiger partial charge on any atom is -0.467 e. The van der Waals surface area contributed by atoms with E-state index in [9.17, 15) is 4.79 Å². The second-order valence-electron chi connectivity index (χ2n) is 5.60. The van der Waals surface area contributed by atoms with Crippen LogP contribution in [-0.4, -0.2) is 17.5 Å². The summed E-state index contributed by atoms with van der Waals surface area (Å²) in [5.41, 5.74) is 3.24. The molecule has 4 nitrogen and oxygen atoms in total. The molecule has 2 heterocycles. The number of furan rings is 1. The van der Waals surface area contributed by atoms with E-state index in [-0.39, 0.29) is 12.1 Å². The van der Waals surface area contributed by atoms with Crippen LogP contribution in [-0.2, 0) is 0 Å². The standard InChI is InChI=1S/C17H20N2O2/c1-12-7-8-14(11-13(12)2)18-17(20)19-9-3-5-15(19)16-6-4-10-21-16/h4,6-8,10-11,15H,3,5,9H2,1-2H3,(H,18,20)/t15-/m1/s1. The molecule has 0 unspecified atom stereocenters. The summed E-state index contributed by atoms with van der Waals surface area (Å²) in [7, 11) is 0. The van der Waals surface area contributed by atoms with Gasteiger partial charge in [0.05, 0.1) is 12.3 Å². The third-order valence-corrected chi connectivity index (χ3v) is 4.14. The molecule has 1 aliphatic rings. The predicted molar refractivity (Wildman–Crippen MR) is 82.3 cm³/mol. The molecule has 110 valence electrons. The van der Waals surface area contributed by atoms with Crippen LogP contribution < -0.4 is 5.32 Å². The quantitative estimate of drug-likeness (QED) is 0.895. The third kappa shape index (κ3) is 2.79. The zero-order chi connectivity index (χ0) is 14.8. The Morgan fingerprint density at radius 3 is 2.86 bits per heavy atom. The van der Waals surface area contributed by atoms with Crippen LogP contribution in [0.15, 0.2) is 41.0 Å². The van der Waals surface area contributed by atoms with E-state index in [2.05, 4.69) is 12.2 Å². The number of carbonyl (C=O) groups is 1. The predicted octanol–water partition coefficient (Wildman–Crippen LogP) is 4.27. The summed E-state index contributed by atoms with van der Waals surface area (Å²) in [6.45, 7) is 4.88. The Bertz CT molecular complexity index is 634. The van der Waals surface area contributed by atoms with Gasteiger partial charge in [-0.2, -0.15) is 0 Å². The molecule has 1 aromatic carbocycles. The highest BCUT2D eigenvalue weighted by molar-refractivity contribution is 5.89. The van der Waals surface area contributed by atoms with E-state index in [1.807, 2.05) is 42.2 Å². The van der Waals surface area contributed by atoms with Gasteiger partial charge in [0.1, 0.15) is 5.76 Å². The molecule has 0 spiro atoms. The molecule has 2 aromatic rings. The van der Waals surface area contributed by atoms with Gasteiger partial charge < -0.3 is 14.6 Å². The van der Waals surface area contributed by atoms with Crippen molar-refractivity contribution in [3.8, 4) is 0 Å². The first-order valence-electron chi connectivity index (χ1n) is 7.33. The monoisotopic (exact) mass is 284 g/mol. The summed E-state index contributed by atoms with van der Waals surface area (Å²) in [5.74, 6) is 0.864. The van der Waals surface area contributed by atoms with Crippen LogP contribution in [0, 0.1) is 13.8 Å². The maximum Gasteiger partial charge on any atom is 0.322 e. The molecule has 21 heavy (non-hydrogen) atoms. The van der Waals surface area contributed by atoms with E-state index in [1.165, 1.54) is 11.1 Å². The first-order valence-corrected chi connectivity index (χ1v) is 7.33. The van der Waals surface area contributed by atoms with Gasteiger partial charge in [0, 0.05) is 12.2 Å². The number of amides is 2. The van der Waals surface area contributed by atoms with Crippen LogP contribution in [0.2, 0.25) is 0 Å². The molecule has 4 heteroatoms. The first kappa shape index (κ1) is 13.7. The molecule has 1 aliphatic heterocycles. The minimum atomic E-state index is -0.0582. The molecular weight excluding hydrogens is 264 g/mol. The van der Waals surface area contributed by atoms with Crippen LogP contribution in [0.1, 0.15) is 35.8 Å². The molecule has 0 saturated carbocycles. The number of hydrogen-bond donors (Lipinski definition) is 1. The Kier molecular flexibility index (Phi) is 3.69. The highest BCUT2D eigenvalue weighted by Crippen LogP contribution is 2.32. The van der Waals surface area contributed by atoms with E-state index in [4.69, 9.17) is 4.42 Å². The fraction of sp³-hybridized carbons (Fsp3) is 0.353. The fourth-order valence-electron chi connectivity index (χ4n) is 2.80. The van der Waals surface area contributed by atoms with Crippen molar-refractivity contribution in [2.24, 2.45) is 0 Å². The SMILES string of the molecule is Cc1ccc(NC(=O)N2CCC[C@@H]2c2ccco2)cc1C. The molecule has 1 fully saturated rings. The second kappa shape index (κ2) is 5.64. The Hall–Kier alpha value is -2.23. The van der Waals surface area contributed by atoms with Gasteiger partial charge in [-0.05, 0) is 62.1 Å². The van der Waals surface area contributed by atoms with Crippen molar-refractivity contribution in [3.63, 3.8) is 0 Å². The topological polar surface area (TPSA) is 45.5 Å². The number of anilines is 1. The Morgan fingerprint density at radius 2 is 2.14 bits per heavy atom. The van der Waals surface area contributed by atoms with Gasteiger partial charge in [-0.1, -0.05) is 6.07 Å². The lowest BCUT2D eigenvalue weighted by Gasteiger charge is -2.23. The summed E-state index contributed by atoms with van der Waals surface area (Å²) in [5, 5.41) is 2.99. The smallest absolute Gasteiger partial charge is 0.322 e. The lowest BCUT2D eigenvalue weighted by atomic mass is 10.1. The Morgan fingerprint density at radius 1 is 1.29 bits per heavy atom. The van der Waals surface area contributed by atoms with Crippen LogP contribution in [0.5, 0.6) is 0 Å². The lowest BCUT2D eigenvalue weighted by molar-refractivity contribution is 0.200. The number of rotatable bonds is 2. The molecular formula is C17H20N2O2. The van der Waals surface area contributed by atoms with Crippen LogP contribution in [0.25, 0.3) is 0 Å². The maximum absolute atomic E-state index is 12.5. The van der Waals surface area contributed by atoms with E-state index >= 15 is 0 Å². The van der Waals surface area contributed by atoms with Crippen molar-refractivity contribution in [2.45, 2.75) is 32.7 Å². The van der Waals surface area contributed by atoms with Gasteiger partial charge >= 0.3 is 6.03 Å². The van der Waals surface area contributed by atoms with Gasteiger partial charge in [-0.15, -0.1) is 0 Å². The van der Waals surface area contributed by atoms with Crippen molar-refractivity contribution in [2.75, 3.05) is 11.9 Å². The molecule has 3 rings (SSSR count). The van der Waals surface area contributed by atoms with Gasteiger partial charge in [0.2, 0.25) is 0 Å². The minimum absolute atomic E-state index is 0.0477. The summed E-state index contributed by atoms with van der Waals surface area (Å²) in [6, 6.07) is 9.77. The number of likely N-dealkylation sites (tertiary alicyclic amines) is 1. The molecule has 2 amide bonds. The molecule has 0 aliphatic carbocycles. The van der Waals surface area contributed by atoms with Crippen molar-refractivity contribution in [1.29, 1.82) is 0 Å². The number of nitrogens with one attached hydrogen (secondary N) is 1. The number of aryl methyl sites for hydroxylation is 2. The van der Waals surface area contributed by atoms with Gasteiger partial charge in [0.25, 0.3) is 0 Å². The second-order valence-corrected chi connectivity index (χ2v) is 5.60. The molecule has 1 atom stereocenters. The van der Waals surface area contributed by atoms with Crippen molar-refractivity contribution in [3.05, 3.63) is 53.5 Å². The van der Waals surface area contributed by atoms with Crippen molar-refractivity contribution < 1.29 is 9.21 Å². The average Bonchev–Trinajstić information content (AvgIpc) is 3.12. The Balaban J connectivity index is 1.73. The lowest BCUT2D eigenvalue weighted by Crippen LogP contribution is -2.34. The van der Waals surface area contributed by atoms with Crippen molar-refractivity contribution in [1.82, 2.24) is 4.90 Å². The zero-order valence-corrected chi connectivity index (χ0v) is 12.4. The first-order chi connectivity index (χ1) is 10.1. The number of benzene rings is 1. The number of urea groups is 1. The van der Waals surface area contributed by atoms with Crippen LogP contribution >= 0.6 is 0 Å². The molecule has 0 radical (unpaired) electrons. The van der Waals surface area contributed by atoms with E-state index in [0.717, 1.165) is 30.8 Å². The van der Waals surface area contributed by atoms with E-state index in [1.54, 1.807) is 6.26 Å². The number of carbonyl (C=O) groups excluding carboxylic acids is 1. The average molecular weight is 284 g/mol. The third-order valence-electron chi connectivity index (χ3n) is 4.14. The summed E-state index contributed by atoms with van der Waals surface area (Å²) >= 11 is 0. The largest absolute Gasteiger partial charge is 0.467 e. The van der Waals surface area contributed by atoms with E-state index in [0.29, 0.717) is 0 Å². The molecule has 1 aromatic heterocycles. The summed E-state index contributed by atoms with van der Waals surface area (Å²) in [6.07, 6.45) is 3.62. The van der Waals surface area contributed by atoms with Gasteiger partial charge in [-0.3, -0.25) is 0 Å². The van der Waals surface area contributed by atoms with Gasteiger partial charge in [0.15, 0.2) is 0 Å². The zero-order valence-electron chi connectivity index (χ0n) is 12.4. The highest BCUT2D eigenvalue weighted by atomic mass is 16.3. The number of nitrogens with zero attached hydrogens (tertiary/aromatic N) is 1. The van der Waals surface area contributed by atoms with Gasteiger partial charge in [-0.25, -0.2) is 4.79 Å². The van der Waals surface area contributed by atoms with Crippen LogP contribution in [0.3, 0.4) is 0 Å². The maximum atomic E-state index is 12.5. The molecule has 1 N–H and O–H groups in total. The normalized spacial score (nSPS) is 18.0.